The van der Waals surface area contributed by atoms with Gasteiger partial charge in [0.05, 0.1) is 12.0 Å². The average Bonchev–Trinajstić information content (AvgIpc) is 2.48. The number of hydrogen-bond donors (Lipinski definition) is 0. The summed E-state index contributed by atoms with van der Waals surface area (Å²) in [6, 6.07) is 9.38. The molecule has 1 aromatic heterocycles. The van der Waals surface area contributed by atoms with Crippen molar-refractivity contribution in [3.05, 3.63) is 57.8 Å². The number of pyridine rings is 1. The second-order valence-electron chi connectivity index (χ2n) is 4.14. The predicted molar refractivity (Wildman–Crippen MR) is 73.5 cm³/mol. The van der Waals surface area contributed by atoms with Crippen LogP contribution in [0.25, 0.3) is 0 Å². The molecule has 0 N–H and O–H groups in total. The van der Waals surface area contributed by atoms with Crippen LogP contribution in [0, 0.1) is 17.0 Å². The monoisotopic (exact) mass is 288 g/mol. The van der Waals surface area contributed by atoms with Gasteiger partial charge in [0.1, 0.15) is 5.75 Å². The molecule has 0 aliphatic heterocycles. The Bertz CT molecular complexity index is 700. The number of hydrogen-bond acceptors (Lipinski definition) is 6. The molecule has 0 bridgehead atoms. The van der Waals surface area contributed by atoms with E-state index < -0.39 is 10.9 Å². The summed E-state index contributed by atoms with van der Waals surface area (Å²) < 4.78 is 10.0. The van der Waals surface area contributed by atoms with Gasteiger partial charge in [0.15, 0.2) is 5.69 Å². The number of aryl methyl sites for hydroxylation is 1. The Balaban J connectivity index is 2.46. The smallest absolute Gasteiger partial charge is 0.356 e. The minimum absolute atomic E-state index is 0.0633. The molecule has 7 heteroatoms. The Morgan fingerprint density at radius 1 is 1.24 bits per heavy atom. The topological polar surface area (TPSA) is 91.6 Å². The summed E-state index contributed by atoms with van der Waals surface area (Å²) in [5, 5.41) is 11.0. The number of para-hydroxylation sites is 1. The summed E-state index contributed by atoms with van der Waals surface area (Å²) in [5.41, 5.74) is 0.398. The van der Waals surface area contributed by atoms with Crippen molar-refractivity contribution in [2.45, 2.75) is 6.92 Å². The molecule has 0 saturated carbocycles. The lowest BCUT2D eigenvalue weighted by molar-refractivity contribution is -0.386. The number of rotatable bonds is 4. The van der Waals surface area contributed by atoms with E-state index in [4.69, 9.17) is 4.74 Å². The normalized spacial score (nSPS) is 10.0. The number of aromatic nitrogens is 1. The molecular weight excluding hydrogens is 276 g/mol. The zero-order valence-corrected chi connectivity index (χ0v) is 11.4. The number of benzene rings is 1. The summed E-state index contributed by atoms with van der Waals surface area (Å²) in [6.45, 7) is 1.80. The maximum absolute atomic E-state index is 11.5. The molecule has 0 aliphatic carbocycles. The molecule has 0 radical (unpaired) electrons. The fraction of sp³-hybridized carbons (Fsp3) is 0.143. The molecule has 0 atom stereocenters. The van der Waals surface area contributed by atoms with Crippen molar-refractivity contribution in [3.8, 4) is 11.6 Å². The van der Waals surface area contributed by atoms with Crippen LogP contribution >= 0.6 is 0 Å². The Morgan fingerprint density at radius 2 is 1.95 bits per heavy atom. The standard InChI is InChI=1S/C14H12N2O5/c1-9-5-3-4-6-12(9)21-13-11(16(18)19)8-7-10(15-13)14(17)20-2/h3-8H,1-2H3. The molecule has 21 heavy (non-hydrogen) atoms. The number of nitro groups is 1. The van der Waals surface area contributed by atoms with Crippen LogP contribution in [0.2, 0.25) is 0 Å². The van der Waals surface area contributed by atoms with Gasteiger partial charge in [0.2, 0.25) is 0 Å². The van der Waals surface area contributed by atoms with Crippen LogP contribution < -0.4 is 4.74 Å². The van der Waals surface area contributed by atoms with Gasteiger partial charge in [-0.15, -0.1) is 0 Å². The molecule has 7 nitrogen and oxygen atoms in total. The number of nitrogens with zero attached hydrogens (tertiary/aromatic N) is 2. The van der Waals surface area contributed by atoms with E-state index in [0.29, 0.717) is 5.75 Å². The van der Waals surface area contributed by atoms with Crippen molar-refractivity contribution in [3.63, 3.8) is 0 Å². The summed E-state index contributed by atoms with van der Waals surface area (Å²) in [4.78, 5) is 25.7. The molecule has 0 amide bonds. The van der Waals surface area contributed by atoms with Crippen LogP contribution in [0.5, 0.6) is 11.6 Å². The van der Waals surface area contributed by atoms with Crippen LogP contribution in [0.4, 0.5) is 5.69 Å². The van der Waals surface area contributed by atoms with Gasteiger partial charge >= 0.3 is 11.7 Å². The van der Waals surface area contributed by atoms with Gasteiger partial charge in [0, 0.05) is 6.07 Å². The molecule has 1 aromatic carbocycles. The van der Waals surface area contributed by atoms with Crippen molar-refractivity contribution in [2.24, 2.45) is 0 Å². The van der Waals surface area contributed by atoms with Gasteiger partial charge in [-0.2, -0.15) is 4.98 Å². The minimum atomic E-state index is -0.695. The summed E-state index contributed by atoms with van der Waals surface area (Å²) in [5.74, 6) is -0.521. The lowest BCUT2D eigenvalue weighted by atomic mass is 10.2. The van der Waals surface area contributed by atoms with Crippen molar-refractivity contribution in [2.75, 3.05) is 7.11 Å². The molecule has 0 unspecified atom stereocenters. The zero-order valence-electron chi connectivity index (χ0n) is 11.4. The second kappa shape index (κ2) is 6.00. The first-order valence-electron chi connectivity index (χ1n) is 6.00. The number of carbonyl (C=O) groups is 1. The Hall–Kier alpha value is -2.96. The van der Waals surface area contributed by atoms with Crippen molar-refractivity contribution in [1.29, 1.82) is 0 Å². The molecule has 0 spiro atoms. The molecule has 0 fully saturated rings. The van der Waals surface area contributed by atoms with Crippen molar-refractivity contribution < 1.29 is 19.2 Å². The molecule has 0 aliphatic rings. The maximum Gasteiger partial charge on any atom is 0.356 e. The van der Waals surface area contributed by atoms with Crippen molar-refractivity contribution in [1.82, 2.24) is 4.98 Å². The van der Waals surface area contributed by atoms with E-state index in [1.54, 1.807) is 25.1 Å². The van der Waals surface area contributed by atoms with Gasteiger partial charge in [-0.1, -0.05) is 18.2 Å². The molecule has 108 valence electrons. The third-order valence-corrected chi connectivity index (χ3v) is 2.73. The van der Waals surface area contributed by atoms with E-state index in [2.05, 4.69) is 9.72 Å². The molecule has 1 heterocycles. The number of carbonyl (C=O) groups excluding carboxylic acids is 1. The molecule has 2 aromatic rings. The Kier molecular flexibility index (Phi) is 4.13. The van der Waals surface area contributed by atoms with E-state index in [-0.39, 0.29) is 17.3 Å². The van der Waals surface area contributed by atoms with Gasteiger partial charge in [-0.25, -0.2) is 4.79 Å². The summed E-state index contributed by atoms with van der Waals surface area (Å²) in [7, 11) is 1.20. The minimum Gasteiger partial charge on any atom is -0.464 e. The van der Waals surface area contributed by atoms with Gasteiger partial charge in [0.25, 0.3) is 5.88 Å². The van der Waals surface area contributed by atoms with Crippen LogP contribution in [0.1, 0.15) is 16.1 Å². The summed E-state index contributed by atoms with van der Waals surface area (Å²) >= 11 is 0. The largest absolute Gasteiger partial charge is 0.464 e. The van der Waals surface area contributed by atoms with Crippen LogP contribution in [-0.2, 0) is 4.74 Å². The number of esters is 1. The molecule has 0 saturated heterocycles. The lowest BCUT2D eigenvalue weighted by Gasteiger charge is -2.08. The maximum atomic E-state index is 11.5. The van der Waals surface area contributed by atoms with Crippen LogP contribution in [0.3, 0.4) is 0 Å². The third-order valence-electron chi connectivity index (χ3n) is 2.73. The highest BCUT2D eigenvalue weighted by molar-refractivity contribution is 5.87. The van der Waals surface area contributed by atoms with E-state index in [1.807, 2.05) is 6.07 Å². The number of methoxy groups -OCH3 is 1. The highest BCUT2D eigenvalue weighted by Crippen LogP contribution is 2.31. The SMILES string of the molecule is COC(=O)c1ccc([N+](=O)[O-])c(Oc2ccccc2C)n1. The second-order valence-corrected chi connectivity index (χ2v) is 4.14. The van der Waals surface area contributed by atoms with E-state index >= 15 is 0 Å². The summed E-state index contributed by atoms with van der Waals surface area (Å²) in [6.07, 6.45) is 0. The van der Waals surface area contributed by atoms with E-state index in [0.717, 1.165) is 11.6 Å². The first-order chi connectivity index (χ1) is 10.0. The predicted octanol–water partition coefficient (Wildman–Crippen LogP) is 2.88. The zero-order chi connectivity index (χ0) is 15.4. The van der Waals surface area contributed by atoms with Gasteiger partial charge in [-0.3, -0.25) is 10.1 Å². The first-order valence-corrected chi connectivity index (χ1v) is 6.00. The fourth-order valence-electron chi connectivity index (χ4n) is 1.64. The van der Waals surface area contributed by atoms with Gasteiger partial charge in [-0.05, 0) is 24.6 Å². The third kappa shape index (κ3) is 3.14. The van der Waals surface area contributed by atoms with E-state index in [1.165, 1.54) is 13.2 Å². The molecular formula is C14H12N2O5. The Morgan fingerprint density at radius 3 is 2.57 bits per heavy atom. The van der Waals surface area contributed by atoms with E-state index in [9.17, 15) is 14.9 Å². The first kappa shape index (κ1) is 14.4. The van der Waals surface area contributed by atoms with Crippen LogP contribution in [0.15, 0.2) is 36.4 Å². The quantitative estimate of drug-likeness (QED) is 0.488. The Labute approximate surface area is 120 Å². The lowest BCUT2D eigenvalue weighted by Crippen LogP contribution is -2.06. The van der Waals surface area contributed by atoms with Gasteiger partial charge < -0.3 is 9.47 Å². The fourth-order valence-corrected chi connectivity index (χ4v) is 1.64. The molecule has 2 rings (SSSR count). The highest BCUT2D eigenvalue weighted by atomic mass is 16.6. The van der Waals surface area contributed by atoms with Crippen LogP contribution in [-0.4, -0.2) is 23.0 Å². The average molecular weight is 288 g/mol. The highest BCUT2D eigenvalue weighted by Gasteiger charge is 2.21. The number of ether oxygens (including phenoxy) is 2. The van der Waals surface area contributed by atoms with Crippen molar-refractivity contribution >= 4 is 11.7 Å².